The van der Waals surface area contributed by atoms with Gasteiger partial charge in [0.1, 0.15) is 10.8 Å². The van der Waals surface area contributed by atoms with Crippen molar-refractivity contribution >= 4 is 62.3 Å². The van der Waals surface area contributed by atoms with Crippen molar-refractivity contribution in [3.8, 4) is 0 Å². The Labute approximate surface area is 184 Å². The summed E-state index contributed by atoms with van der Waals surface area (Å²) < 4.78 is 15.1. The maximum Gasteiger partial charge on any atom is 0.261 e. The lowest BCUT2D eigenvalue weighted by atomic mass is 9.85. The number of nitrogens with one attached hydrogen (secondary N) is 3. The van der Waals surface area contributed by atoms with Gasteiger partial charge in [0.2, 0.25) is 5.91 Å². The molecule has 5 N–H and O–H groups in total. The molecule has 0 atom stereocenters. The number of halogens is 2. The maximum atomic E-state index is 14.4. The normalized spacial score (nSPS) is 15.1. The number of carbonyl (C=O) groups excluding carboxylic acids is 3. The van der Waals surface area contributed by atoms with E-state index in [0.29, 0.717) is 28.4 Å². The van der Waals surface area contributed by atoms with E-state index in [0.717, 1.165) is 14.9 Å². The molecule has 0 saturated carbocycles. The van der Waals surface area contributed by atoms with Gasteiger partial charge >= 0.3 is 0 Å². The molecule has 7 nitrogen and oxygen atoms in total. The molecule has 0 fully saturated rings. The van der Waals surface area contributed by atoms with Crippen molar-refractivity contribution in [2.24, 2.45) is 11.1 Å². The zero-order valence-corrected chi connectivity index (χ0v) is 18.8. The molecule has 0 radical (unpaired) electrons. The standard InChI is InChI=1S/C19H20FIN4O3S/c1-19(2)6-10-14(16(27)23-7-13(22)26)18(29-15(10)17(28)24-8-19)25-12-4-3-9(21)5-11(12)20/h3-5,25H,6-8H2,1-2H3,(H2,22,26)(H,23,27)(H,24,28). The summed E-state index contributed by atoms with van der Waals surface area (Å²) in [6, 6.07) is 4.66. The van der Waals surface area contributed by atoms with Crippen LogP contribution in [0.2, 0.25) is 0 Å². The number of anilines is 2. The summed E-state index contributed by atoms with van der Waals surface area (Å²) in [6.45, 7) is 4.09. The Balaban J connectivity index is 2.09. The molecule has 29 heavy (non-hydrogen) atoms. The highest BCUT2D eigenvalue weighted by Crippen LogP contribution is 2.40. The molecule has 0 aliphatic carbocycles. The Hall–Kier alpha value is -2.21. The summed E-state index contributed by atoms with van der Waals surface area (Å²) in [5.41, 5.74) is 5.84. The summed E-state index contributed by atoms with van der Waals surface area (Å²) >= 11 is 3.09. The fraction of sp³-hybridized carbons (Fsp3) is 0.316. The van der Waals surface area contributed by atoms with Gasteiger partial charge in [0.05, 0.1) is 22.7 Å². The first-order valence-corrected chi connectivity index (χ1v) is 10.7. The Morgan fingerprint density at radius 2 is 2.10 bits per heavy atom. The topological polar surface area (TPSA) is 113 Å². The molecule has 2 aromatic rings. The summed E-state index contributed by atoms with van der Waals surface area (Å²) in [5, 5.41) is 8.62. The quantitative estimate of drug-likeness (QED) is 0.446. The van der Waals surface area contributed by atoms with E-state index >= 15 is 0 Å². The van der Waals surface area contributed by atoms with E-state index in [1.807, 2.05) is 36.4 Å². The molecule has 1 aromatic heterocycles. The summed E-state index contributed by atoms with van der Waals surface area (Å²) in [7, 11) is 0. The first kappa shape index (κ1) is 21.5. The molecule has 2 heterocycles. The van der Waals surface area contributed by atoms with E-state index in [1.165, 1.54) is 6.07 Å². The zero-order valence-electron chi connectivity index (χ0n) is 15.8. The average Bonchev–Trinajstić information content (AvgIpc) is 2.92. The first-order chi connectivity index (χ1) is 13.6. The summed E-state index contributed by atoms with van der Waals surface area (Å²) in [5.74, 6) is -1.99. The highest BCUT2D eigenvalue weighted by atomic mass is 127. The van der Waals surface area contributed by atoms with Gasteiger partial charge in [-0.3, -0.25) is 14.4 Å². The van der Waals surface area contributed by atoms with Gasteiger partial charge < -0.3 is 21.7 Å². The number of thiophene rings is 1. The second kappa shape index (κ2) is 8.27. The van der Waals surface area contributed by atoms with Crippen molar-refractivity contribution in [3.63, 3.8) is 0 Å². The van der Waals surface area contributed by atoms with Crippen LogP contribution < -0.4 is 21.7 Å². The number of primary amides is 1. The number of fused-ring (bicyclic) bond motifs is 1. The molecule has 154 valence electrons. The number of hydrogen-bond donors (Lipinski definition) is 4. The number of hydrogen-bond acceptors (Lipinski definition) is 5. The molecule has 1 aromatic carbocycles. The second-order valence-corrected chi connectivity index (χ2v) is 9.80. The predicted octanol–water partition coefficient (Wildman–Crippen LogP) is 2.76. The van der Waals surface area contributed by atoms with E-state index in [-0.39, 0.29) is 29.1 Å². The molecule has 1 aliphatic rings. The van der Waals surface area contributed by atoms with Crippen molar-refractivity contribution in [2.45, 2.75) is 20.3 Å². The van der Waals surface area contributed by atoms with Crippen molar-refractivity contribution in [1.82, 2.24) is 10.6 Å². The van der Waals surface area contributed by atoms with Crippen LogP contribution in [0.4, 0.5) is 15.1 Å². The highest BCUT2D eigenvalue weighted by Gasteiger charge is 2.34. The fourth-order valence-corrected chi connectivity index (χ4v) is 4.65. The lowest BCUT2D eigenvalue weighted by Gasteiger charge is -2.22. The third-order valence-electron chi connectivity index (χ3n) is 4.43. The van der Waals surface area contributed by atoms with Crippen LogP contribution in [-0.4, -0.2) is 30.8 Å². The Kier molecular flexibility index (Phi) is 6.13. The maximum absolute atomic E-state index is 14.4. The third kappa shape index (κ3) is 4.86. The molecule has 1 aliphatic heterocycles. The van der Waals surface area contributed by atoms with Gasteiger partial charge in [-0.05, 0) is 58.2 Å². The minimum absolute atomic E-state index is 0.186. The van der Waals surface area contributed by atoms with Crippen LogP contribution in [0.5, 0.6) is 0 Å². The monoisotopic (exact) mass is 530 g/mol. The number of benzene rings is 1. The van der Waals surface area contributed by atoms with Crippen LogP contribution in [0.15, 0.2) is 18.2 Å². The lowest BCUT2D eigenvalue weighted by molar-refractivity contribution is -0.117. The largest absolute Gasteiger partial charge is 0.368 e. The van der Waals surface area contributed by atoms with E-state index < -0.39 is 17.6 Å². The van der Waals surface area contributed by atoms with Gasteiger partial charge in [0, 0.05) is 10.1 Å². The number of carbonyl (C=O) groups is 3. The van der Waals surface area contributed by atoms with Crippen LogP contribution in [0, 0.1) is 14.8 Å². The van der Waals surface area contributed by atoms with Gasteiger partial charge in [-0.2, -0.15) is 0 Å². The van der Waals surface area contributed by atoms with Crippen LogP contribution in [-0.2, 0) is 11.2 Å². The van der Waals surface area contributed by atoms with Crippen LogP contribution in [0.3, 0.4) is 0 Å². The third-order valence-corrected chi connectivity index (χ3v) is 6.24. The van der Waals surface area contributed by atoms with Gasteiger partial charge in [-0.25, -0.2) is 4.39 Å². The van der Waals surface area contributed by atoms with E-state index in [4.69, 9.17) is 5.73 Å². The minimum Gasteiger partial charge on any atom is -0.368 e. The van der Waals surface area contributed by atoms with Crippen LogP contribution >= 0.6 is 33.9 Å². The van der Waals surface area contributed by atoms with Crippen molar-refractivity contribution < 1.29 is 18.8 Å². The number of amides is 3. The molecule has 10 heteroatoms. The van der Waals surface area contributed by atoms with Crippen molar-refractivity contribution in [2.75, 3.05) is 18.4 Å². The van der Waals surface area contributed by atoms with E-state index in [9.17, 15) is 18.8 Å². The predicted molar refractivity (Wildman–Crippen MR) is 118 cm³/mol. The first-order valence-electron chi connectivity index (χ1n) is 8.80. The fourth-order valence-electron chi connectivity index (χ4n) is 3.06. The average molecular weight is 530 g/mol. The molecule has 0 saturated heterocycles. The highest BCUT2D eigenvalue weighted by molar-refractivity contribution is 14.1. The molecular weight excluding hydrogens is 510 g/mol. The summed E-state index contributed by atoms with van der Waals surface area (Å²) in [6.07, 6.45) is 0.466. The molecule has 3 rings (SSSR count). The van der Waals surface area contributed by atoms with Crippen LogP contribution in [0.25, 0.3) is 0 Å². The minimum atomic E-state index is -0.684. The van der Waals surface area contributed by atoms with Crippen molar-refractivity contribution in [3.05, 3.63) is 43.6 Å². The molecule has 3 amide bonds. The number of nitrogens with two attached hydrogens (primary N) is 1. The van der Waals surface area contributed by atoms with Gasteiger partial charge in [0.25, 0.3) is 11.8 Å². The van der Waals surface area contributed by atoms with Crippen molar-refractivity contribution in [1.29, 1.82) is 0 Å². The van der Waals surface area contributed by atoms with Gasteiger partial charge in [-0.15, -0.1) is 11.3 Å². The summed E-state index contributed by atoms with van der Waals surface area (Å²) in [4.78, 5) is 37.0. The molecule has 0 bridgehead atoms. The smallest absolute Gasteiger partial charge is 0.261 e. The Bertz CT molecular complexity index is 1010. The van der Waals surface area contributed by atoms with E-state index in [2.05, 4.69) is 16.0 Å². The Morgan fingerprint density at radius 3 is 2.76 bits per heavy atom. The molecular formula is C19H20FIN4O3S. The van der Waals surface area contributed by atoms with Crippen LogP contribution in [0.1, 0.15) is 39.4 Å². The van der Waals surface area contributed by atoms with E-state index in [1.54, 1.807) is 12.1 Å². The SMILES string of the molecule is CC1(C)CNC(=O)c2sc(Nc3ccc(I)cc3F)c(C(=O)NCC(N)=O)c2C1. The molecule has 0 spiro atoms. The Morgan fingerprint density at radius 1 is 1.38 bits per heavy atom. The van der Waals surface area contributed by atoms with Gasteiger partial charge in [0.15, 0.2) is 0 Å². The zero-order chi connectivity index (χ0) is 21.3. The number of rotatable bonds is 5. The molecule has 0 unspecified atom stereocenters. The van der Waals surface area contributed by atoms with Gasteiger partial charge in [-0.1, -0.05) is 13.8 Å². The lowest BCUT2D eigenvalue weighted by Crippen LogP contribution is -2.34. The second-order valence-electron chi connectivity index (χ2n) is 7.54.